The van der Waals surface area contributed by atoms with E-state index in [4.69, 9.17) is 0 Å². The zero-order valence-electron chi connectivity index (χ0n) is 7.65. The first-order chi connectivity index (χ1) is 7.15. The number of rotatable bonds is 3. The summed E-state index contributed by atoms with van der Waals surface area (Å²) < 4.78 is 56.6. The van der Waals surface area contributed by atoms with Crippen LogP contribution < -0.4 is 0 Å². The van der Waals surface area contributed by atoms with E-state index in [0.29, 0.717) is 0 Å². The van der Waals surface area contributed by atoms with Gasteiger partial charge in [-0.3, -0.25) is 9.59 Å². The Hall–Kier alpha value is -1.16. The Morgan fingerprint density at radius 3 is 2.00 bits per heavy atom. The number of carbonyl (C=O) groups excluding carboxylic acids is 2. The number of sulfone groups is 1. The van der Waals surface area contributed by atoms with Gasteiger partial charge in [-0.1, -0.05) is 0 Å². The second kappa shape index (κ2) is 4.01. The van der Waals surface area contributed by atoms with E-state index in [2.05, 4.69) is 4.84 Å². The molecule has 0 aromatic rings. The molecule has 10 heteroatoms. The lowest BCUT2D eigenvalue weighted by Crippen LogP contribution is -2.35. The van der Waals surface area contributed by atoms with Crippen LogP contribution in [0.2, 0.25) is 0 Å². The van der Waals surface area contributed by atoms with E-state index in [9.17, 15) is 31.2 Å². The van der Waals surface area contributed by atoms with Gasteiger partial charge in [0.1, 0.15) is 0 Å². The van der Waals surface area contributed by atoms with Gasteiger partial charge in [-0.05, 0) is 0 Å². The minimum absolute atomic E-state index is 0.0449. The van der Waals surface area contributed by atoms with Gasteiger partial charge in [0.25, 0.3) is 21.7 Å². The molecule has 0 aromatic heterocycles. The fourth-order valence-corrected chi connectivity index (χ4v) is 1.27. The summed E-state index contributed by atoms with van der Waals surface area (Å²) in [5, 5.41) is 0.0449. The monoisotopic (exact) mass is 261 g/mol. The van der Waals surface area contributed by atoms with E-state index in [1.807, 2.05) is 0 Å². The molecule has 0 aliphatic carbocycles. The second-order valence-corrected chi connectivity index (χ2v) is 4.82. The summed E-state index contributed by atoms with van der Waals surface area (Å²) in [5.74, 6) is -3.50. The predicted molar refractivity (Wildman–Crippen MR) is 42.0 cm³/mol. The van der Waals surface area contributed by atoms with Gasteiger partial charge in [0.2, 0.25) is 0 Å². The van der Waals surface area contributed by atoms with Crippen molar-refractivity contribution in [2.45, 2.75) is 18.3 Å². The van der Waals surface area contributed by atoms with Crippen LogP contribution in [0.1, 0.15) is 12.8 Å². The van der Waals surface area contributed by atoms with Crippen LogP contribution in [0.15, 0.2) is 0 Å². The third-order valence-corrected chi connectivity index (χ3v) is 2.82. The number of halogens is 3. The molecule has 0 aromatic carbocycles. The van der Waals surface area contributed by atoms with Gasteiger partial charge < -0.3 is 0 Å². The zero-order valence-corrected chi connectivity index (χ0v) is 8.47. The lowest BCUT2D eigenvalue weighted by atomic mass is 10.4. The number of hydrogen-bond acceptors (Lipinski definition) is 5. The maximum atomic E-state index is 11.8. The van der Waals surface area contributed by atoms with Crippen molar-refractivity contribution in [2.75, 3.05) is 5.94 Å². The van der Waals surface area contributed by atoms with Crippen LogP contribution in [0.5, 0.6) is 0 Å². The molecule has 1 heterocycles. The first kappa shape index (κ1) is 12.9. The maximum absolute atomic E-state index is 11.8. The van der Waals surface area contributed by atoms with Crippen molar-refractivity contribution in [3.8, 4) is 0 Å². The normalized spacial score (nSPS) is 18.3. The molecule has 6 nitrogen and oxygen atoms in total. The molecule has 1 saturated heterocycles. The molecule has 0 spiro atoms. The van der Waals surface area contributed by atoms with Gasteiger partial charge in [0.05, 0.1) is 0 Å². The molecule has 1 rings (SSSR count). The minimum atomic E-state index is -5.50. The molecule has 1 aliphatic rings. The standard InChI is InChI=1S/C6H6F3NO5S/c7-6(8,9)16(13,14)3-15-10-4(11)1-2-5(10)12/h1-3H2. The summed E-state index contributed by atoms with van der Waals surface area (Å²) in [7, 11) is -5.50. The quantitative estimate of drug-likeness (QED) is 0.666. The highest BCUT2D eigenvalue weighted by atomic mass is 32.2. The molecule has 92 valence electrons. The molecule has 1 aliphatic heterocycles. The number of imide groups is 1. The SMILES string of the molecule is O=C1CCC(=O)N1OCS(=O)(=O)C(F)(F)F. The van der Waals surface area contributed by atoms with Crippen molar-refractivity contribution in [2.24, 2.45) is 0 Å². The molecular formula is C6H6F3NO5S. The van der Waals surface area contributed by atoms with Crippen molar-refractivity contribution in [1.29, 1.82) is 0 Å². The average Bonchev–Trinajstić information content (AvgIpc) is 2.42. The first-order valence-electron chi connectivity index (χ1n) is 3.93. The van der Waals surface area contributed by atoms with Gasteiger partial charge in [0.15, 0.2) is 5.94 Å². The summed E-state index contributed by atoms with van der Waals surface area (Å²) >= 11 is 0. The number of amides is 2. The van der Waals surface area contributed by atoms with Crippen molar-refractivity contribution in [1.82, 2.24) is 5.06 Å². The van der Waals surface area contributed by atoms with Crippen LogP contribution >= 0.6 is 0 Å². The minimum Gasteiger partial charge on any atom is -0.272 e. The number of hydroxylamine groups is 2. The molecule has 0 bridgehead atoms. The predicted octanol–water partition coefficient (Wildman–Crippen LogP) is -0.0409. The van der Waals surface area contributed by atoms with Gasteiger partial charge in [-0.15, -0.1) is 0 Å². The van der Waals surface area contributed by atoms with Crippen LogP contribution in [0.3, 0.4) is 0 Å². The van der Waals surface area contributed by atoms with Gasteiger partial charge in [0, 0.05) is 12.8 Å². The van der Waals surface area contributed by atoms with Gasteiger partial charge in [-0.2, -0.15) is 18.2 Å². The molecule has 0 unspecified atom stereocenters. The molecule has 0 N–H and O–H groups in total. The Labute approximate surface area is 87.8 Å². The average molecular weight is 261 g/mol. The highest BCUT2D eigenvalue weighted by Crippen LogP contribution is 2.24. The smallest absolute Gasteiger partial charge is 0.272 e. The van der Waals surface area contributed by atoms with Crippen LogP contribution in [-0.2, 0) is 24.3 Å². The van der Waals surface area contributed by atoms with E-state index in [1.54, 1.807) is 0 Å². The molecule has 2 amide bonds. The van der Waals surface area contributed by atoms with Crippen LogP contribution in [-0.4, -0.2) is 36.7 Å². The number of alkyl halides is 3. The molecular weight excluding hydrogens is 255 g/mol. The fourth-order valence-electron chi connectivity index (χ4n) is 0.889. The Bertz CT molecular complexity index is 398. The molecule has 0 atom stereocenters. The fraction of sp³-hybridized carbons (Fsp3) is 0.667. The van der Waals surface area contributed by atoms with Crippen molar-refractivity contribution < 1.29 is 36.0 Å². The van der Waals surface area contributed by atoms with E-state index in [1.165, 1.54) is 0 Å². The lowest BCUT2D eigenvalue weighted by Gasteiger charge is -2.14. The third kappa shape index (κ3) is 2.50. The van der Waals surface area contributed by atoms with E-state index in [-0.39, 0.29) is 17.9 Å². The van der Waals surface area contributed by atoms with Crippen LogP contribution in [0.4, 0.5) is 13.2 Å². The Morgan fingerprint density at radius 1 is 1.19 bits per heavy atom. The third-order valence-electron chi connectivity index (χ3n) is 1.70. The Morgan fingerprint density at radius 2 is 1.62 bits per heavy atom. The molecule has 0 saturated carbocycles. The van der Waals surface area contributed by atoms with E-state index >= 15 is 0 Å². The van der Waals surface area contributed by atoms with Gasteiger partial charge in [-0.25, -0.2) is 13.3 Å². The second-order valence-electron chi connectivity index (χ2n) is 2.89. The first-order valence-corrected chi connectivity index (χ1v) is 5.58. The number of carbonyl (C=O) groups is 2. The zero-order chi connectivity index (χ0) is 12.6. The largest absolute Gasteiger partial charge is 0.499 e. The van der Waals surface area contributed by atoms with Crippen LogP contribution in [0, 0.1) is 0 Å². The lowest BCUT2D eigenvalue weighted by molar-refractivity contribution is -0.182. The summed E-state index contributed by atoms with van der Waals surface area (Å²) in [4.78, 5) is 25.8. The van der Waals surface area contributed by atoms with E-state index in [0.717, 1.165) is 0 Å². The molecule has 16 heavy (non-hydrogen) atoms. The molecule has 0 radical (unpaired) electrons. The highest BCUT2D eigenvalue weighted by Gasteiger charge is 2.47. The highest BCUT2D eigenvalue weighted by molar-refractivity contribution is 7.92. The van der Waals surface area contributed by atoms with Crippen molar-refractivity contribution in [3.63, 3.8) is 0 Å². The summed E-state index contributed by atoms with van der Waals surface area (Å²) in [6, 6.07) is 0. The number of hydrogen-bond donors (Lipinski definition) is 0. The van der Waals surface area contributed by atoms with Gasteiger partial charge >= 0.3 is 5.51 Å². The van der Waals surface area contributed by atoms with E-state index < -0.39 is 33.1 Å². The van der Waals surface area contributed by atoms with Crippen molar-refractivity contribution in [3.05, 3.63) is 0 Å². The summed E-state index contributed by atoms with van der Waals surface area (Å²) in [5.41, 5.74) is -5.47. The summed E-state index contributed by atoms with van der Waals surface area (Å²) in [6.07, 6.45) is -0.407. The molecule has 1 fully saturated rings. The Balaban J connectivity index is 2.65. The summed E-state index contributed by atoms with van der Waals surface area (Å²) in [6.45, 7) is 0. The number of nitrogens with zero attached hydrogens (tertiary/aromatic N) is 1. The maximum Gasteiger partial charge on any atom is 0.499 e. The van der Waals surface area contributed by atoms with Crippen LogP contribution in [0.25, 0.3) is 0 Å². The van der Waals surface area contributed by atoms with Crippen molar-refractivity contribution >= 4 is 21.7 Å². The topological polar surface area (TPSA) is 80.8 Å². The Kier molecular flexibility index (Phi) is 3.24.